The highest BCUT2D eigenvalue weighted by atomic mass is 32.2. The Balaban J connectivity index is 1.69. The summed E-state index contributed by atoms with van der Waals surface area (Å²) in [6, 6.07) is 0.752. The van der Waals surface area contributed by atoms with E-state index >= 15 is 0 Å². The van der Waals surface area contributed by atoms with Crippen molar-refractivity contribution in [3.63, 3.8) is 0 Å². The van der Waals surface area contributed by atoms with Gasteiger partial charge < -0.3 is 5.32 Å². The van der Waals surface area contributed by atoms with Gasteiger partial charge in [0.2, 0.25) is 10.0 Å². The van der Waals surface area contributed by atoms with Crippen molar-refractivity contribution < 1.29 is 8.42 Å². The molecule has 3 aliphatic rings. The van der Waals surface area contributed by atoms with Gasteiger partial charge in [0.1, 0.15) is 0 Å². The molecule has 1 N–H and O–H groups in total. The lowest BCUT2D eigenvalue weighted by Crippen LogP contribution is -2.57. The molecule has 0 aromatic carbocycles. The first-order valence-corrected chi connectivity index (χ1v) is 9.14. The standard InChI is InChI=1S/C13H25N3O2S/c1-11-8-15-7-3-5-13(15)9-16(11)19(17,18)10-12-4-2-6-14-12/h11-14H,2-10H2,1H3. The third kappa shape index (κ3) is 2.82. The van der Waals surface area contributed by atoms with Gasteiger partial charge in [0.25, 0.3) is 0 Å². The first-order valence-electron chi connectivity index (χ1n) is 7.53. The number of piperazine rings is 1. The summed E-state index contributed by atoms with van der Waals surface area (Å²) in [4.78, 5) is 2.46. The summed E-state index contributed by atoms with van der Waals surface area (Å²) in [7, 11) is -3.11. The second-order valence-electron chi connectivity index (χ2n) is 6.28. The van der Waals surface area contributed by atoms with Crippen molar-refractivity contribution in [2.45, 2.75) is 50.7 Å². The van der Waals surface area contributed by atoms with Gasteiger partial charge >= 0.3 is 0 Å². The molecular weight excluding hydrogens is 262 g/mol. The maximum Gasteiger partial charge on any atom is 0.215 e. The predicted octanol–water partition coefficient (Wildman–Crippen LogP) is 0.237. The molecule has 3 rings (SSSR count). The molecule has 3 heterocycles. The highest BCUT2D eigenvalue weighted by Crippen LogP contribution is 2.27. The number of hydrogen-bond donors (Lipinski definition) is 1. The average molecular weight is 287 g/mol. The van der Waals surface area contributed by atoms with Crippen molar-refractivity contribution in [3.05, 3.63) is 0 Å². The van der Waals surface area contributed by atoms with Crippen molar-refractivity contribution in [2.24, 2.45) is 0 Å². The molecule has 3 saturated heterocycles. The Kier molecular flexibility index (Phi) is 3.86. The minimum Gasteiger partial charge on any atom is -0.313 e. The largest absolute Gasteiger partial charge is 0.313 e. The Labute approximate surface area is 116 Å². The average Bonchev–Trinajstić information content (AvgIpc) is 2.97. The first-order chi connectivity index (χ1) is 9.06. The van der Waals surface area contributed by atoms with Crippen LogP contribution in [0.2, 0.25) is 0 Å². The zero-order chi connectivity index (χ0) is 13.5. The summed E-state index contributed by atoms with van der Waals surface area (Å²) in [5, 5.41) is 3.30. The minimum atomic E-state index is -3.11. The summed E-state index contributed by atoms with van der Waals surface area (Å²) in [6.07, 6.45) is 4.47. The molecule has 0 spiro atoms. The van der Waals surface area contributed by atoms with E-state index < -0.39 is 10.0 Å². The van der Waals surface area contributed by atoms with Crippen LogP contribution in [0.15, 0.2) is 0 Å². The Morgan fingerprint density at radius 2 is 2.05 bits per heavy atom. The molecule has 3 atom stereocenters. The van der Waals surface area contributed by atoms with E-state index in [1.807, 2.05) is 6.92 Å². The van der Waals surface area contributed by atoms with E-state index in [4.69, 9.17) is 0 Å². The zero-order valence-corrected chi connectivity index (χ0v) is 12.5. The molecule has 0 saturated carbocycles. The van der Waals surface area contributed by atoms with Crippen LogP contribution in [-0.4, -0.2) is 67.7 Å². The van der Waals surface area contributed by atoms with Crippen molar-refractivity contribution in [3.8, 4) is 0 Å². The van der Waals surface area contributed by atoms with Crippen LogP contribution in [0.5, 0.6) is 0 Å². The Bertz CT molecular complexity index is 420. The van der Waals surface area contributed by atoms with E-state index in [-0.39, 0.29) is 17.8 Å². The quantitative estimate of drug-likeness (QED) is 0.808. The van der Waals surface area contributed by atoms with Crippen LogP contribution in [0.4, 0.5) is 0 Å². The third-order valence-electron chi connectivity index (χ3n) is 4.81. The highest BCUT2D eigenvalue weighted by molar-refractivity contribution is 7.89. The van der Waals surface area contributed by atoms with Crippen LogP contribution in [0.25, 0.3) is 0 Å². The molecule has 0 amide bonds. The van der Waals surface area contributed by atoms with Crippen LogP contribution in [0.1, 0.15) is 32.6 Å². The fraction of sp³-hybridized carbons (Fsp3) is 1.00. The topological polar surface area (TPSA) is 52.7 Å². The SMILES string of the molecule is CC1CN2CCCC2CN1S(=O)(=O)CC1CCCN1. The highest BCUT2D eigenvalue weighted by Gasteiger charge is 2.40. The molecule has 0 aliphatic carbocycles. The van der Waals surface area contributed by atoms with E-state index in [2.05, 4.69) is 10.2 Å². The monoisotopic (exact) mass is 287 g/mol. The maximum absolute atomic E-state index is 12.6. The smallest absolute Gasteiger partial charge is 0.215 e. The Morgan fingerprint density at radius 3 is 2.79 bits per heavy atom. The van der Waals surface area contributed by atoms with Gasteiger partial charge in [0.05, 0.1) is 5.75 Å². The summed E-state index contributed by atoms with van der Waals surface area (Å²) < 4.78 is 27.0. The van der Waals surface area contributed by atoms with Gasteiger partial charge in [-0.3, -0.25) is 4.90 Å². The molecule has 6 heteroatoms. The molecule has 19 heavy (non-hydrogen) atoms. The molecular formula is C13H25N3O2S. The van der Waals surface area contributed by atoms with Crippen molar-refractivity contribution >= 4 is 10.0 Å². The van der Waals surface area contributed by atoms with E-state index in [0.29, 0.717) is 12.6 Å². The summed E-state index contributed by atoms with van der Waals surface area (Å²) in [5.74, 6) is 0.282. The number of hydrogen-bond acceptors (Lipinski definition) is 4. The molecule has 0 aromatic heterocycles. The van der Waals surface area contributed by atoms with Crippen molar-refractivity contribution in [2.75, 3.05) is 31.9 Å². The number of nitrogens with zero attached hydrogens (tertiary/aromatic N) is 2. The molecule has 5 nitrogen and oxygen atoms in total. The van der Waals surface area contributed by atoms with Gasteiger partial charge in [-0.05, 0) is 45.7 Å². The summed E-state index contributed by atoms with van der Waals surface area (Å²) >= 11 is 0. The summed E-state index contributed by atoms with van der Waals surface area (Å²) in [6.45, 7) is 5.77. The molecule has 3 fully saturated rings. The van der Waals surface area contributed by atoms with Crippen LogP contribution in [0, 0.1) is 0 Å². The normalized spacial score (nSPS) is 37.6. The molecule has 0 aromatic rings. The molecule has 3 aliphatic heterocycles. The maximum atomic E-state index is 12.6. The lowest BCUT2D eigenvalue weighted by Gasteiger charge is -2.41. The Hall–Kier alpha value is -0.170. The van der Waals surface area contributed by atoms with Crippen LogP contribution >= 0.6 is 0 Å². The lowest BCUT2D eigenvalue weighted by molar-refractivity contribution is 0.117. The second kappa shape index (κ2) is 5.31. The third-order valence-corrected chi connectivity index (χ3v) is 6.86. The molecule has 3 unspecified atom stereocenters. The summed E-state index contributed by atoms with van der Waals surface area (Å²) in [5.41, 5.74) is 0. The molecule has 0 bridgehead atoms. The number of sulfonamides is 1. The van der Waals surface area contributed by atoms with E-state index in [1.54, 1.807) is 4.31 Å². The Morgan fingerprint density at radius 1 is 1.21 bits per heavy atom. The van der Waals surface area contributed by atoms with Crippen LogP contribution < -0.4 is 5.32 Å². The van der Waals surface area contributed by atoms with E-state index in [9.17, 15) is 8.42 Å². The number of nitrogens with one attached hydrogen (secondary N) is 1. The number of fused-ring (bicyclic) bond motifs is 1. The first kappa shape index (κ1) is 13.8. The minimum absolute atomic E-state index is 0.126. The van der Waals surface area contributed by atoms with Gasteiger partial charge in [0.15, 0.2) is 0 Å². The number of rotatable bonds is 3. The lowest BCUT2D eigenvalue weighted by atomic mass is 10.1. The van der Waals surface area contributed by atoms with Gasteiger partial charge in [-0.1, -0.05) is 0 Å². The zero-order valence-electron chi connectivity index (χ0n) is 11.7. The fourth-order valence-electron chi connectivity index (χ4n) is 3.80. The van der Waals surface area contributed by atoms with E-state index in [1.165, 1.54) is 6.42 Å². The van der Waals surface area contributed by atoms with Crippen molar-refractivity contribution in [1.29, 1.82) is 0 Å². The van der Waals surface area contributed by atoms with Gasteiger partial charge in [-0.2, -0.15) is 4.31 Å². The predicted molar refractivity (Wildman–Crippen MR) is 75.6 cm³/mol. The van der Waals surface area contributed by atoms with Gasteiger partial charge in [-0.15, -0.1) is 0 Å². The molecule has 110 valence electrons. The fourth-order valence-corrected chi connectivity index (χ4v) is 5.80. The van der Waals surface area contributed by atoms with Gasteiger partial charge in [-0.25, -0.2) is 8.42 Å². The van der Waals surface area contributed by atoms with E-state index in [0.717, 1.165) is 38.9 Å². The van der Waals surface area contributed by atoms with Crippen molar-refractivity contribution in [1.82, 2.24) is 14.5 Å². The van der Waals surface area contributed by atoms with Crippen LogP contribution in [0.3, 0.4) is 0 Å². The second-order valence-corrected chi connectivity index (χ2v) is 8.25. The van der Waals surface area contributed by atoms with Crippen LogP contribution in [-0.2, 0) is 10.0 Å². The molecule has 0 radical (unpaired) electrons. The van der Waals surface area contributed by atoms with Gasteiger partial charge in [0, 0.05) is 31.2 Å².